The van der Waals surface area contributed by atoms with Crippen molar-refractivity contribution in [1.29, 1.82) is 0 Å². The van der Waals surface area contributed by atoms with E-state index in [9.17, 15) is 4.79 Å². The molecule has 0 radical (unpaired) electrons. The van der Waals surface area contributed by atoms with E-state index in [4.69, 9.17) is 4.74 Å². The summed E-state index contributed by atoms with van der Waals surface area (Å²) < 4.78 is 4.91. The number of nitrogens with zero attached hydrogens (tertiary/aromatic N) is 2. The number of H-pyrrole nitrogens is 1. The quantitative estimate of drug-likeness (QED) is 0.841. The summed E-state index contributed by atoms with van der Waals surface area (Å²) in [4.78, 5) is 20.1. The lowest BCUT2D eigenvalue weighted by molar-refractivity contribution is 0.161. The molecule has 0 saturated carbocycles. The molecule has 2 aromatic rings. The number of aromatic amines is 1. The standard InChI is InChI=1S/C11H13N3O2/c1-3-16-11(15)14(2)8-4-5-9-10(6-8)13-7-12-9/h4-7H,3H2,1-2H3,(H,12,13). The van der Waals surface area contributed by atoms with Crippen LogP contribution in [0.5, 0.6) is 0 Å². The van der Waals surface area contributed by atoms with Crippen LogP contribution in [-0.2, 0) is 4.74 Å². The Morgan fingerprint density at radius 1 is 1.56 bits per heavy atom. The van der Waals surface area contributed by atoms with Crippen LogP contribution < -0.4 is 4.90 Å². The van der Waals surface area contributed by atoms with Crippen LogP contribution in [0, 0.1) is 0 Å². The molecule has 0 bridgehead atoms. The zero-order valence-corrected chi connectivity index (χ0v) is 9.23. The fourth-order valence-corrected chi connectivity index (χ4v) is 1.46. The summed E-state index contributed by atoms with van der Waals surface area (Å²) in [7, 11) is 1.68. The lowest BCUT2D eigenvalue weighted by Gasteiger charge is -2.16. The van der Waals surface area contributed by atoms with Gasteiger partial charge in [-0.05, 0) is 25.1 Å². The first-order valence-electron chi connectivity index (χ1n) is 5.06. The molecule has 0 atom stereocenters. The Labute approximate surface area is 93.0 Å². The molecule has 84 valence electrons. The number of ether oxygens (including phenoxy) is 1. The molecule has 0 aliphatic heterocycles. The van der Waals surface area contributed by atoms with Gasteiger partial charge in [0.25, 0.3) is 0 Å². The van der Waals surface area contributed by atoms with Gasteiger partial charge in [-0.15, -0.1) is 0 Å². The topological polar surface area (TPSA) is 58.2 Å². The minimum Gasteiger partial charge on any atom is -0.449 e. The molecule has 1 amide bonds. The lowest BCUT2D eigenvalue weighted by Crippen LogP contribution is -2.26. The van der Waals surface area contributed by atoms with Crippen LogP contribution in [0.4, 0.5) is 10.5 Å². The SMILES string of the molecule is CCOC(=O)N(C)c1ccc2nc[nH]c2c1. The Hall–Kier alpha value is -2.04. The Kier molecular flexibility index (Phi) is 2.76. The molecule has 0 fully saturated rings. The van der Waals surface area contributed by atoms with Gasteiger partial charge in [0.05, 0.1) is 24.0 Å². The molecule has 0 aliphatic rings. The van der Waals surface area contributed by atoms with Crippen molar-refractivity contribution in [3.05, 3.63) is 24.5 Å². The summed E-state index contributed by atoms with van der Waals surface area (Å²) in [6, 6.07) is 5.55. The van der Waals surface area contributed by atoms with Crippen molar-refractivity contribution in [3.63, 3.8) is 0 Å². The Morgan fingerprint density at radius 3 is 3.12 bits per heavy atom. The molecule has 0 saturated heterocycles. The van der Waals surface area contributed by atoms with E-state index >= 15 is 0 Å². The van der Waals surface area contributed by atoms with Crippen molar-refractivity contribution in [1.82, 2.24) is 9.97 Å². The molecule has 0 aliphatic carbocycles. The number of fused-ring (bicyclic) bond motifs is 1. The van der Waals surface area contributed by atoms with Crippen LogP contribution in [-0.4, -0.2) is 29.7 Å². The van der Waals surface area contributed by atoms with Crippen LogP contribution >= 0.6 is 0 Å². The van der Waals surface area contributed by atoms with Crippen molar-refractivity contribution < 1.29 is 9.53 Å². The van der Waals surface area contributed by atoms with Crippen LogP contribution in [0.1, 0.15) is 6.92 Å². The first kappa shape index (κ1) is 10.5. The average Bonchev–Trinajstić information content (AvgIpc) is 2.75. The van der Waals surface area contributed by atoms with Crippen molar-refractivity contribution in [2.24, 2.45) is 0 Å². The van der Waals surface area contributed by atoms with Gasteiger partial charge in [-0.2, -0.15) is 0 Å². The highest BCUT2D eigenvalue weighted by Gasteiger charge is 2.11. The third kappa shape index (κ3) is 1.84. The van der Waals surface area contributed by atoms with Gasteiger partial charge in [-0.1, -0.05) is 0 Å². The van der Waals surface area contributed by atoms with Gasteiger partial charge in [-0.25, -0.2) is 9.78 Å². The van der Waals surface area contributed by atoms with Crippen LogP contribution in [0.3, 0.4) is 0 Å². The Bertz CT molecular complexity index is 507. The van der Waals surface area contributed by atoms with E-state index in [-0.39, 0.29) is 6.09 Å². The number of rotatable bonds is 2. The number of amides is 1. The number of hydrogen-bond donors (Lipinski definition) is 1. The number of carbonyl (C=O) groups excluding carboxylic acids is 1. The number of anilines is 1. The van der Waals surface area contributed by atoms with Gasteiger partial charge in [0.2, 0.25) is 0 Å². The van der Waals surface area contributed by atoms with E-state index in [0.29, 0.717) is 6.61 Å². The van der Waals surface area contributed by atoms with Crippen molar-refractivity contribution in [3.8, 4) is 0 Å². The van der Waals surface area contributed by atoms with Gasteiger partial charge >= 0.3 is 6.09 Å². The highest BCUT2D eigenvalue weighted by atomic mass is 16.6. The van der Waals surface area contributed by atoms with Gasteiger partial charge in [0.15, 0.2) is 0 Å². The highest BCUT2D eigenvalue weighted by molar-refractivity contribution is 5.90. The number of carbonyl (C=O) groups is 1. The molecule has 5 nitrogen and oxygen atoms in total. The molecule has 5 heteroatoms. The van der Waals surface area contributed by atoms with Crippen LogP contribution in [0.25, 0.3) is 11.0 Å². The number of imidazole rings is 1. The summed E-state index contributed by atoms with van der Waals surface area (Å²) in [5.41, 5.74) is 2.55. The third-order valence-electron chi connectivity index (χ3n) is 2.33. The molecule has 1 aromatic carbocycles. The molecule has 2 rings (SSSR count). The van der Waals surface area contributed by atoms with Crippen molar-refractivity contribution in [2.45, 2.75) is 6.92 Å². The summed E-state index contributed by atoms with van der Waals surface area (Å²) in [6.45, 7) is 2.15. The predicted octanol–water partition coefficient (Wildman–Crippen LogP) is 2.16. The molecule has 1 heterocycles. The Balaban J connectivity index is 2.28. The summed E-state index contributed by atoms with van der Waals surface area (Å²) in [5, 5.41) is 0. The zero-order valence-electron chi connectivity index (χ0n) is 9.23. The summed E-state index contributed by atoms with van der Waals surface area (Å²) in [6.07, 6.45) is 1.26. The lowest BCUT2D eigenvalue weighted by atomic mass is 10.2. The monoisotopic (exact) mass is 219 g/mol. The van der Waals surface area contributed by atoms with E-state index in [1.54, 1.807) is 20.3 Å². The average molecular weight is 219 g/mol. The van der Waals surface area contributed by atoms with Gasteiger partial charge in [0, 0.05) is 12.7 Å². The maximum atomic E-state index is 11.5. The van der Waals surface area contributed by atoms with Gasteiger partial charge in [-0.3, -0.25) is 4.90 Å². The fraction of sp³-hybridized carbons (Fsp3) is 0.273. The first-order chi connectivity index (χ1) is 7.72. The van der Waals surface area contributed by atoms with Crippen molar-refractivity contribution in [2.75, 3.05) is 18.6 Å². The third-order valence-corrected chi connectivity index (χ3v) is 2.33. The maximum absolute atomic E-state index is 11.5. The molecular formula is C11H13N3O2. The minimum absolute atomic E-state index is 0.360. The molecular weight excluding hydrogens is 206 g/mol. The van der Waals surface area contributed by atoms with E-state index in [1.165, 1.54) is 4.90 Å². The molecule has 1 N–H and O–H groups in total. The molecule has 0 spiro atoms. The fourth-order valence-electron chi connectivity index (χ4n) is 1.46. The molecule has 16 heavy (non-hydrogen) atoms. The summed E-state index contributed by atoms with van der Waals surface area (Å²) in [5.74, 6) is 0. The number of benzene rings is 1. The van der Waals surface area contributed by atoms with Gasteiger partial charge in [0.1, 0.15) is 0 Å². The van der Waals surface area contributed by atoms with E-state index in [0.717, 1.165) is 16.7 Å². The van der Waals surface area contributed by atoms with E-state index in [2.05, 4.69) is 9.97 Å². The summed E-state index contributed by atoms with van der Waals surface area (Å²) >= 11 is 0. The largest absolute Gasteiger partial charge is 0.449 e. The second-order valence-corrected chi connectivity index (χ2v) is 3.36. The zero-order chi connectivity index (χ0) is 11.5. The number of nitrogens with one attached hydrogen (secondary N) is 1. The minimum atomic E-state index is -0.360. The Morgan fingerprint density at radius 2 is 2.38 bits per heavy atom. The van der Waals surface area contributed by atoms with E-state index < -0.39 is 0 Å². The smallest absolute Gasteiger partial charge is 0.413 e. The second kappa shape index (κ2) is 4.22. The van der Waals surface area contributed by atoms with Crippen LogP contribution in [0.15, 0.2) is 24.5 Å². The maximum Gasteiger partial charge on any atom is 0.413 e. The highest BCUT2D eigenvalue weighted by Crippen LogP contribution is 2.19. The second-order valence-electron chi connectivity index (χ2n) is 3.36. The number of hydrogen-bond acceptors (Lipinski definition) is 3. The van der Waals surface area contributed by atoms with Crippen LogP contribution in [0.2, 0.25) is 0 Å². The predicted molar refractivity (Wildman–Crippen MR) is 61.5 cm³/mol. The first-order valence-corrected chi connectivity index (χ1v) is 5.06. The number of aromatic nitrogens is 2. The molecule has 1 aromatic heterocycles. The normalized spacial score (nSPS) is 10.4. The van der Waals surface area contributed by atoms with E-state index in [1.807, 2.05) is 18.2 Å². The van der Waals surface area contributed by atoms with Gasteiger partial charge < -0.3 is 9.72 Å². The van der Waals surface area contributed by atoms with Crippen molar-refractivity contribution >= 4 is 22.8 Å². The molecule has 0 unspecified atom stereocenters.